The topological polar surface area (TPSA) is 26.3 Å². The Morgan fingerprint density at radius 3 is 2.21 bits per heavy atom. The molecule has 4 rings (SSSR count). The van der Waals surface area contributed by atoms with Crippen molar-refractivity contribution in [2.75, 3.05) is 0 Å². The van der Waals surface area contributed by atoms with Crippen molar-refractivity contribution >= 4 is 5.97 Å². The fraction of sp³-hybridized carbons (Fsp3) is 0.906. The lowest BCUT2D eigenvalue weighted by atomic mass is 9.38. The van der Waals surface area contributed by atoms with Crippen molar-refractivity contribution < 1.29 is 9.53 Å². The average molecular weight is 471 g/mol. The molecule has 0 radical (unpaired) electrons. The van der Waals surface area contributed by atoms with E-state index in [9.17, 15) is 4.79 Å². The molecule has 4 aliphatic carbocycles. The highest BCUT2D eigenvalue weighted by atomic mass is 16.5. The number of fused-ring (bicyclic) bond motifs is 5. The van der Waals surface area contributed by atoms with Crippen LogP contribution in [-0.2, 0) is 9.53 Å². The molecular formula is C32H54O2. The Labute approximate surface area is 211 Å². The van der Waals surface area contributed by atoms with Crippen molar-refractivity contribution in [3.63, 3.8) is 0 Å². The number of hydrogen-bond acceptors (Lipinski definition) is 2. The highest BCUT2D eigenvalue weighted by Crippen LogP contribution is 2.74. The maximum atomic E-state index is 11.8. The Kier molecular flexibility index (Phi) is 6.92. The fourth-order valence-corrected chi connectivity index (χ4v) is 10.7. The number of esters is 1. The van der Waals surface area contributed by atoms with E-state index >= 15 is 0 Å². The molecule has 2 nitrogen and oxygen atoms in total. The Hall–Kier alpha value is -0.790. The summed E-state index contributed by atoms with van der Waals surface area (Å²) in [5.74, 6) is 3.96. The van der Waals surface area contributed by atoms with Crippen molar-refractivity contribution in [1.82, 2.24) is 0 Å². The minimum Gasteiger partial charge on any atom is -0.462 e. The first kappa shape index (κ1) is 26.3. The van der Waals surface area contributed by atoms with Crippen LogP contribution < -0.4 is 0 Å². The normalized spacial score (nSPS) is 46.0. The van der Waals surface area contributed by atoms with Crippen LogP contribution in [0.25, 0.3) is 0 Å². The zero-order chi connectivity index (χ0) is 25.1. The molecule has 9 atom stereocenters. The predicted octanol–water partition coefficient (Wildman–Crippen LogP) is 8.99. The van der Waals surface area contributed by atoms with E-state index in [0.29, 0.717) is 22.2 Å². The van der Waals surface area contributed by atoms with E-state index in [2.05, 4.69) is 61.5 Å². The number of allylic oxidation sites excluding steroid dienone is 2. The number of carbonyl (C=O) groups is 1. The number of ether oxygens (including phenoxy) is 1. The molecule has 34 heavy (non-hydrogen) atoms. The summed E-state index contributed by atoms with van der Waals surface area (Å²) < 4.78 is 5.89. The molecule has 0 unspecified atom stereocenters. The average Bonchev–Trinajstić information content (AvgIpc) is 3.01. The van der Waals surface area contributed by atoms with Gasteiger partial charge in [0.1, 0.15) is 6.10 Å². The SMILES string of the molecule is CC(=O)O[C@H]1CC[C@]2(C)[C@@H]3CC[C@@]4(C)[C@@H]([C@@H](C)CCC=C(C)C)CC[C@]4(C)[C@H]3CC[C@@H]2C1(C)C. The molecule has 0 aromatic rings. The van der Waals surface area contributed by atoms with Gasteiger partial charge in [-0.1, -0.05) is 53.2 Å². The Balaban J connectivity index is 1.56. The molecule has 0 N–H and O–H groups in total. The molecule has 0 spiro atoms. The minimum absolute atomic E-state index is 0.0724. The first-order valence-electron chi connectivity index (χ1n) is 14.6. The van der Waals surface area contributed by atoms with E-state index in [1.807, 2.05) is 0 Å². The van der Waals surface area contributed by atoms with Crippen LogP contribution in [0.5, 0.6) is 0 Å². The Morgan fingerprint density at radius 2 is 1.56 bits per heavy atom. The van der Waals surface area contributed by atoms with Crippen LogP contribution >= 0.6 is 0 Å². The molecule has 0 aromatic heterocycles. The molecular weight excluding hydrogens is 416 g/mol. The highest BCUT2D eigenvalue weighted by molar-refractivity contribution is 5.66. The number of carbonyl (C=O) groups excluding carboxylic acids is 1. The molecule has 0 amide bonds. The second-order valence-electron chi connectivity index (χ2n) is 14.7. The first-order chi connectivity index (χ1) is 15.8. The maximum Gasteiger partial charge on any atom is 0.302 e. The van der Waals surface area contributed by atoms with Gasteiger partial charge < -0.3 is 4.74 Å². The van der Waals surface area contributed by atoms with Gasteiger partial charge in [0, 0.05) is 12.3 Å². The van der Waals surface area contributed by atoms with Gasteiger partial charge >= 0.3 is 5.97 Å². The van der Waals surface area contributed by atoms with Gasteiger partial charge in [-0.25, -0.2) is 0 Å². The molecule has 4 saturated carbocycles. The molecule has 0 bridgehead atoms. The van der Waals surface area contributed by atoms with Crippen LogP contribution in [-0.4, -0.2) is 12.1 Å². The van der Waals surface area contributed by atoms with Crippen LogP contribution in [0.15, 0.2) is 11.6 Å². The Morgan fingerprint density at radius 1 is 0.882 bits per heavy atom. The van der Waals surface area contributed by atoms with Gasteiger partial charge in [-0.05, 0) is 124 Å². The first-order valence-corrected chi connectivity index (χ1v) is 14.6. The number of hydrogen-bond donors (Lipinski definition) is 0. The summed E-state index contributed by atoms with van der Waals surface area (Å²) in [7, 11) is 0. The van der Waals surface area contributed by atoms with Gasteiger partial charge in [-0.15, -0.1) is 0 Å². The van der Waals surface area contributed by atoms with Crippen LogP contribution in [0.3, 0.4) is 0 Å². The molecule has 0 heterocycles. The second-order valence-corrected chi connectivity index (χ2v) is 14.7. The van der Waals surface area contributed by atoms with Crippen molar-refractivity contribution in [2.24, 2.45) is 51.2 Å². The zero-order valence-corrected chi connectivity index (χ0v) is 23.9. The van der Waals surface area contributed by atoms with E-state index in [1.165, 1.54) is 63.4 Å². The third kappa shape index (κ3) is 3.92. The van der Waals surface area contributed by atoms with Gasteiger partial charge in [0.15, 0.2) is 0 Å². The van der Waals surface area contributed by atoms with E-state index in [4.69, 9.17) is 4.74 Å². The molecule has 2 heteroatoms. The van der Waals surface area contributed by atoms with Crippen molar-refractivity contribution in [3.05, 3.63) is 11.6 Å². The van der Waals surface area contributed by atoms with Gasteiger partial charge in [0.25, 0.3) is 0 Å². The predicted molar refractivity (Wildman–Crippen MR) is 142 cm³/mol. The highest BCUT2D eigenvalue weighted by Gasteiger charge is 2.67. The summed E-state index contributed by atoms with van der Waals surface area (Å²) in [4.78, 5) is 11.8. The number of rotatable bonds is 5. The molecule has 4 aliphatic rings. The van der Waals surface area contributed by atoms with Gasteiger partial charge in [-0.2, -0.15) is 0 Å². The van der Waals surface area contributed by atoms with E-state index in [1.54, 1.807) is 6.92 Å². The summed E-state index contributed by atoms with van der Waals surface area (Å²) in [5, 5.41) is 0. The lowest BCUT2D eigenvalue weighted by Crippen LogP contribution is -2.62. The van der Waals surface area contributed by atoms with Crippen molar-refractivity contribution in [2.45, 2.75) is 133 Å². The standard InChI is InChI=1S/C32H54O2/c1-21(2)11-10-12-22(3)24-15-19-32(9)26-13-14-27-29(5,6)28(34-23(4)33)17-18-30(27,7)25(26)16-20-31(24,32)8/h11,22,24-28H,10,12-20H2,1-9H3/t22-,24+,25+,26-,27+,28-,30+,31-,32+/m0/s1. The van der Waals surface area contributed by atoms with Crippen LogP contribution in [0.4, 0.5) is 0 Å². The van der Waals surface area contributed by atoms with Gasteiger partial charge in [-0.3, -0.25) is 4.79 Å². The molecule has 194 valence electrons. The quantitative estimate of drug-likeness (QED) is 0.296. The van der Waals surface area contributed by atoms with E-state index < -0.39 is 0 Å². The Bertz CT molecular complexity index is 806. The molecule has 4 fully saturated rings. The van der Waals surface area contributed by atoms with Crippen LogP contribution in [0.2, 0.25) is 0 Å². The van der Waals surface area contributed by atoms with E-state index in [0.717, 1.165) is 30.1 Å². The summed E-state index contributed by atoms with van der Waals surface area (Å²) in [5.41, 5.74) is 2.90. The van der Waals surface area contributed by atoms with Gasteiger partial charge in [0.05, 0.1) is 0 Å². The smallest absolute Gasteiger partial charge is 0.302 e. The molecule has 0 aliphatic heterocycles. The van der Waals surface area contributed by atoms with Gasteiger partial charge in [0.2, 0.25) is 0 Å². The summed E-state index contributed by atoms with van der Waals surface area (Å²) in [6, 6.07) is 0. The van der Waals surface area contributed by atoms with E-state index in [-0.39, 0.29) is 17.5 Å². The second kappa shape index (κ2) is 8.95. The van der Waals surface area contributed by atoms with Crippen LogP contribution in [0.1, 0.15) is 127 Å². The summed E-state index contributed by atoms with van der Waals surface area (Å²) in [6.45, 7) is 21.5. The monoisotopic (exact) mass is 470 g/mol. The molecule has 0 saturated heterocycles. The third-order valence-corrected chi connectivity index (χ3v) is 12.6. The summed E-state index contributed by atoms with van der Waals surface area (Å²) in [6.07, 6.45) is 15.8. The fourth-order valence-electron chi connectivity index (χ4n) is 10.7. The summed E-state index contributed by atoms with van der Waals surface area (Å²) >= 11 is 0. The van der Waals surface area contributed by atoms with Crippen molar-refractivity contribution in [1.29, 1.82) is 0 Å². The molecule has 0 aromatic carbocycles. The van der Waals surface area contributed by atoms with Crippen LogP contribution in [0, 0.1) is 51.2 Å². The third-order valence-electron chi connectivity index (χ3n) is 12.6. The van der Waals surface area contributed by atoms with Crippen molar-refractivity contribution in [3.8, 4) is 0 Å². The lowest BCUT2D eigenvalue weighted by Gasteiger charge is -2.67. The zero-order valence-electron chi connectivity index (χ0n) is 23.9. The largest absolute Gasteiger partial charge is 0.462 e. The minimum atomic E-state index is -0.105. The lowest BCUT2D eigenvalue weighted by molar-refractivity contribution is -0.209. The maximum absolute atomic E-state index is 11.8.